The Hall–Kier alpha value is -2.13. The summed E-state index contributed by atoms with van der Waals surface area (Å²) in [4.78, 5) is 26.9. The number of benzene rings is 1. The lowest BCUT2D eigenvalue weighted by Crippen LogP contribution is -2.63. The Morgan fingerprint density at radius 3 is 2.39 bits per heavy atom. The summed E-state index contributed by atoms with van der Waals surface area (Å²) in [6.07, 6.45) is -1.17. The third-order valence-electron chi connectivity index (χ3n) is 5.43. The Kier molecular flexibility index (Phi) is 6.24. The number of halogens is 3. The monoisotopic (exact) mass is 398 g/mol. The summed E-state index contributed by atoms with van der Waals surface area (Å²) >= 11 is 0. The van der Waals surface area contributed by atoms with Crippen LogP contribution < -0.4 is 16.4 Å². The Morgan fingerprint density at radius 1 is 1.14 bits per heavy atom. The van der Waals surface area contributed by atoms with E-state index in [4.69, 9.17) is 5.73 Å². The number of carbonyl (C=O) groups excluding carboxylic acids is 2. The smallest absolute Gasteiger partial charge is 0.343 e. The minimum Gasteiger partial charge on any atom is -0.343 e. The van der Waals surface area contributed by atoms with Crippen molar-refractivity contribution in [3.05, 3.63) is 35.4 Å². The van der Waals surface area contributed by atoms with Crippen LogP contribution in [0, 0.1) is 0 Å². The first-order valence-electron chi connectivity index (χ1n) is 9.48. The number of hydrogen-bond donors (Lipinski definition) is 3. The molecule has 154 valence electrons. The van der Waals surface area contributed by atoms with Gasteiger partial charge in [0.15, 0.2) is 0 Å². The van der Waals surface area contributed by atoms with E-state index in [1.165, 1.54) is 12.1 Å². The van der Waals surface area contributed by atoms with E-state index >= 15 is 0 Å². The molecule has 1 saturated carbocycles. The van der Waals surface area contributed by atoms with Gasteiger partial charge in [0.2, 0.25) is 5.91 Å². The van der Waals surface area contributed by atoms with E-state index in [0.29, 0.717) is 13.1 Å². The minimum atomic E-state index is -4.53. The van der Waals surface area contributed by atoms with Crippen LogP contribution in [0.15, 0.2) is 24.3 Å². The van der Waals surface area contributed by atoms with E-state index in [9.17, 15) is 22.8 Å². The Labute approximate surface area is 161 Å². The number of carbonyl (C=O) groups is 2. The highest BCUT2D eigenvalue weighted by molar-refractivity contribution is 5.96. The van der Waals surface area contributed by atoms with Crippen molar-refractivity contribution in [3.8, 4) is 0 Å². The van der Waals surface area contributed by atoms with Crippen molar-refractivity contribution in [2.24, 2.45) is 5.73 Å². The number of nitrogens with zero attached hydrogens (tertiary/aromatic N) is 1. The lowest BCUT2D eigenvalue weighted by atomic mass is 9.89. The third-order valence-corrected chi connectivity index (χ3v) is 5.43. The Bertz CT molecular complexity index is 713. The van der Waals surface area contributed by atoms with E-state index in [2.05, 4.69) is 10.6 Å². The second kappa shape index (κ2) is 8.48. The van der Waals surface area contributed by atoms with Gasteiger partial charge in [-0.1, -0.05) is 6.07 Å². The maximum absolute atomic E-state index is 12.8. The van der Waals surface area contributed by atoms with Crippen LogP contribution in [-0.2, 0) is 11.0 Å². The topological polar surface area (TPSA) is 87.5 Å². The van der Waals surface area contributed by atoms with Gasteiger partial charge in [-0.15, -0.1) is 0 Å². The molecule has 2 amide bonds. The number of alkyl halides is 3. The van der Waals surface area contributed by atoms with Crippen LogP contribution in [0.5, 0.6) is 0 Å². The van der Waals surface area contributed by atoms with Crippen molar-refractivity contribution in [1.29, 1.82) is 0 Å². The lowest BCUT2D eigenvalue weighted by molar-refractivity contribution is -0.138. The number of rotatable bonds is 5. The zero-order valence-electron chi connectivity index (χ0n) is 15.5. The van der Waals surface area contributed by atoms with Crippen LogP contribution >= 0.6 is 0 Å². The lowest BCUT2D eigenvalue weighted by Gasteiger charge is -2.45. The van der Waals surface area contributed by atoms with Gasteiger partial charge < -0.3 is 21.3 Å². The molecule has 0 aromatic heterocycles. The molecule has 28 heavy (non-hydrogen) atoms. The second-order valence-electron chi connectivity index (χ2n) is 7.44. The molecule has 2 aliphatic rings. The molecule has 0 bridgehead atoms. The molecule has 0 radical (unpaired) electrons. The van der Waals surface area contributed by atoms with E-state index in [1.54, 1.807) is 0 Å². The third kappa shape index (κ3) is 4.82. The molecule has 6 nitrogen and oxygen atoms in total. The molecule has 1 aliphatic heterocycles. The van der Waals surface area contributed by atoms with Crippen molar-refractivity contribution in [2.45, 2.75) is 50.0 Å². The van der Waals surface area contributed by atoms with Gasteiger partial charge in [0.05, 0.1) is 18.2 Å². The van der Waals surface area contributed by atoms with Gasteiger partial charge in [0.1, 0.15) is 0 Å². The van der Waals surface area contributed by atoms with Crippen molar-refractivity contribution in [2.75, 3.05) is 19.6 Å². The van der Waals surface area contributed by atoms with Crippen LogP contribution in [-0.4, -0.2) is 54.5 Å². The molecule has 1 heterocycles. The maximum Gasteiger partial charge on any atom is 0.416 e. The number of amides is 2. The molecule has 3 rings (SSSR count). The van der Waals surface area contributed by atoms with Gasteiger partial charge in [-0.3, -0.25) is 9.59 Å². The van der Waals surface area contributed by atoms with Crippen LogP contribution in [0.3, 0.4) is 0 Å². The quantitative estimate of drug-likeness (QED) is 0.702. The summed E-state index contributed by atoms with van der Waals surface area (Å²) in [5, 5.41) is 5.61. The van der Waals surface area contributed by atoms with Crippen LogP contribution in [0.25, 0.3) is 0 Å². The molecule has 4 N–H and O–H groups in total. The standard InChI is InChI=1S/C19H25F3N4O2/c20-19(21,22)13-3-1-2-12(8-13)18(28)25-11-17(27)26(16-9-24-10-16)15-6-4-14(23)5-7-15/h1-3,8,14-16,24H,4-7,9-11,23H2,(H,25,28). The molecule has 0 unspecified atom stereocenters. The highest BCUT2D eigenvalue weighted by Crippen LogP contribution is 2.29. The number of nitrogens with one attached hydrogen (secondary N) is 2. The molecule has 1 aromatic carbocycles. The molecule has 1 aliphatic carbocycles. The average molecular weight is 398 g/mol. The number of nitrogens with two attached hydrogens (primary N) is 1. The predicted octanol–water partition coefficient (Wildman–Crippen LogP) is 1.51. The van der Waals surface area contributed by atoms with Gasteiger partial charge in [0.25, 0.3) is 5.91 Å². The molecule has 0 spiro atoms. The molecule has 9 heteroatoms. The highest BCUT2D eigenvalue weighted by atomic mass is 19.4. The first kappa shape index (κ1) is 20.6. The molecular formula is C19H25F3N4O2. The first-order chi connectivity index (χ1) is 13.3. The van der Waals surface area contributed by atoms with Crippen LogP contribution in [0.1, 0.15) is 41.6 Å². The molecule has 1 saturated heterocycles. The van der Waals surface area contributed by atoms with Crippen molar-refractivity contribution < 1.29 is 22.8 Å². The summed E-state index contributed by atoms with van der Waals surface area (Å²) in [6, 6.07) is 4.50. The summed E-state index contributed by atoms with van der Waals surface area (Å²) in [5.74, 6) is -0.913. The molecule has 1 aromatic rings. The van der Waals surface area contributed by atoms with Crippen molar-refractivity contribution >= 4 is 11.8 Å². The minimum absolute atomic E-state index is 0.0808. The summed E-state index contributed by atoms with van der Waals surface area (Å²) < 4.78 is 38.4. The zero-order valence-corrected chi connectivity index (χ0v) is 15.5. The predicted molar refractivity (Wildman–Crippen MR) is 97.5 cm³/mol. The Balaban J connectivity index is 1.62. The van der Waals surface area contributed by atoms with E-state index in [1.807, 2.05) is 4.90 Å². The molecular weight excluding hydrogens is 373 g/mol. The fraction of sp³-hybridized carbons (Fsp3) is 0.579. The van der Waals surface area contributed by atoms with Crippen molar-refractivity contribution in [3.63, 3.8) is 0 Å². The molecule has 2 fully saturated rings. The van der Waals surface area contributed by atoms with Crippen LogP contribution in [0.4, 0.5) is 13.2 Å². The van der Waals surface area contributed by atoms with E-state index in [0.717, 1.165) is 37.8 Å². The van der Waals surface area contributed by atoms with Crippen molar-refractivity contribution in [1.82, 2.24) is 15.5 Å². The fourth-order valence-electron chi connectivity index (χ4n) is 3.74. The molecule has 0 atom stereocenters. The average Bonchev–Trinajstić information content (AvgIpc) is 2.62. The largest absolute Gasteiger partial charge is 0.416 e. The van der Waals surface area contributed by atoms with Crippen LogP contribution in [0.2, 0.25) is 0 Å². The van der Waals surface area contributed by atoms with E-state index < -0.39 is 17.6 Å². The van der Waals surface area contributed by atoms with Gasteiger partial charge in [-0.25, -0.2) is 0 Å². The Morgan fingerprint density at radius 2 is 1.82 bits per heavy atom. The SMILES string of the molecule is NC1CCC(N(C(=O)CNC(=O)c2cccc(C(F)(F)F)c2)C2CNC2)CC1. The summed E-state index contributed by atoms with van der Waals surface area (Å²) in [6.45, 7) is 1.17. The number of hydrogen-bond acceptors (Lipinski definition) is 4. The zero-order chi connectivity index (χ0) is 20.3. The summed E-state index contributed by atoms with van der Waals surface area (Å²) in [7, 11) is 0. The summed E-state index contributed by atoms with van der Waals surface area (Å²) in [5.41, 5.74) is 4.93. The van der Waals surface area contributed by atoms with Gasteiger partial charge in [-0.05, 0) is 43.9 Å². The normalized spacial score (nSPS) is 23.0. The highest BCUT2D eigenvalue weighted by Gasteiger charge is 2.36. The fourth-order valence-corrected chi connectivity index (χ4v) is 3.74. The van der Waals surface area contributed by atoms with E-state index in [-0.39, 0.29) is 36.1 Å². The second-order valence-corrected chi connectivity index (χ2v) is 7.44. The maximum atomic E-state index is 12.8. The van der Waals surface area contributed by atoms with Gasteiger partial charge >= 0.3 is 6.18 Å². The first-order valence-corrected chi connectivity index (χ1v) is 9.48. The van der Waals surface area contributed by atoms with Gasteiger partial charge in [0, 0.05) is 30.7 Å². The van der Waals surface area contributed by atoms with Gasteiger partial charge in [-0.2, -0.15) is 13.2 Å².